The van der Waals surface area contributed by atoms with Gasteiger partial charge in [0.1, 0.15) is 5.75 Å². The number of benzene rings is 1. The zero-order chi connectivity index (χ0) is 13.0. The Morgan fingerprint density at radius 1 is 1.06 bits per heavy atom. The highest BCUT2D eigenvalue weighted by Gasteiger charge is 2.11. The third-order valence-corrected chi connectivity index (χ3v) is 4.14. The van der Waals surface area contributed by atoms with Crippen molar-refractivity contribution < 1.29 is 4.74 Å². The van der Waals surface area contributed by atoms with Crippen LogP contribution in [0.15, 0.2) is 41.8 Å². The van der Waals surface area contributed by atoms with Crippen molar-refractivity contribution in [1.82, 2.24) is 5.32 Å². The van der Waals surface area contributed by atoms with Crippen LogP contribution in [0.1, 0.15) is 36.4 Å². The minimum absolute atomic E-state index is 0.327. The van der Waals surface area contributed by atoms with Gasteiger partial charge in [0, 0.05) is 17.0 Å². The molecular formula is C15H19NOS. The summed E-state index contributed by atoms with van der Waals surface area (Å²) < 4.78 is 5.17. The van der Waals surface area contributed by atoms with Crippen LogP contribution in [-0.2, 0) is 0 Å². The molecule has 0 spiro atoms. The average molecular weight is 261 g/mol. The molecule has 0 aliphatic rings. The van der Waals surface area contributed by atoms with Gasteiger partial charge in [-0.3, -0.25) is 0 Å². The van der Waals surface area contributed by atoms with Crippen LogP contribution in [-0.4, -0.2) is 7.11 Å². The van der Waals surface area contributed by atoms with E-state index in [9.17, 15) is 0 Å². The fourth-order valence-electron chi connectivity index (χ4n) is 1.98. The van der Waals surface area contributed by atoms with Gasteiger partial charge in [-0.05, 0) is 43.0 Å². The Hall–Kier alpha value is -1.32. The van der Waals surface area contributed by atoms with E-state index in [0.29, 0.717) is 12.1 Å². The summed E-state index contributed by atoms with van der Waals surface area (Å²) >= 11 is 1.79. The van der Waals surface area contributed by atoms with E-state index in [1.165, 1.54) is 10.4 Å². The summed E-state index contributed by atoms with van der Waals surface area (Å²) in [5, 5.41) is 5.72. The summed E-state index contributed by atoms with van der Waals surface area (Å²) in [7, 11) is 1.69. The zero-order valence-corrected chi connectivity index (χ0v) is 11.8. The maximum atomic E-state index is 5.17. The Kier molecular flexibility index (Phi) is 4.39. The number of methoxy groups -OCH3 is 1. The summed E-state index contributed by atoms with van der Waals surface area (Å²) in [6, 6.07) is 13.2. The fourth-order valence-corrected chi connectivity index (χ4v) is 2.73. The van der Waals surface area contributed by atoms with E-state index in [1.54, 1.807) is 18.4 Å². The predicted octanol–water partition coefficient (Wildman–Crippen LogP) is 4.17. The van der Waals surface area contributed by atoms with E-state index >= 15 is 0 Å². The van der Waals surface area contributed by atoms with Gasteiger partial charge in [-0.25, -0.2) is 0 Å². The molecule has 2 aromatic rings. The monoisotopic (exact) mass is 261 g/mol. The maximum absolute atomic E-state index is 5.17. The van der Waals surface area contributed by atoms with E-state index in [4.69, 9.17) is 4.74 Å². The first-order chi connectivity index (χ1) is 8.70. The molecule has 2 rings (SSSR count). The molecule has 0 amide bonds. The van der Waals surface area contributed by atoms with E-state index < -0.39 is 0 Å². The van der Waals surface area contributed by atoms with Gasteiger partial charge >= 0.3 is 0 Å². The van der Waals surface area contributed by atoms with Crippen LogP contribution >= 0.6 is 11.3 Å². The molecule has 1 heterocycles. The molecule has 18 heavy (non-hydrogen) atoms. The maximum Gasteiger partial charge on any atom is 0.118 e. The second-order valence-corrected chi connectivity index (χ2v) is 5.38. The van der Waals surface area contributed by atoms with Gasteiger partial charge in [0.05, 0.1) is 7.11 Å². The lowest BCUT2D eigenvalue weighted by molar-refractivity contribution is 0.414. The molecule has 0 fully saturated rings. The molecule has 0 aliphatic carbocycles. The molecule has 1 N–H and O–H groups in total. The molecule has 0 saturated heterocycles. The van der Waals surface area contributed by atoms with Crippen molar-refractivity contribution >= 4 is 11.3 Å². The molecule has 2 nitrogen and oxygen atoms in total. The van der Waals surface area contributed by atoms with Crippen LogP contribution in [0.25, 0.3) is 0 Å². The van der Waals surface area contributed by atoms with Crippen LogP contribution in [0, 0.1) is 0 Å². The molecule has 0 saturated carbocycles. The molecular weight excluding hydrogens is 242 g/mol. The summed E-state index contributed by atoms with van der Waals surface area (Å²) in [6.07, 6.45) is 0. The molecule has 3 heteroatoms. The smallest absolute Gasteiger partial charge is 0.118 e. The molecule has 1 aromatic carbocycles. The lowest BCUT2D eigenvalue weighted by Gasteiger charge is -2.19. The second-order valence-electron chi connectivity index (χ2n) is 4.40. The number of hydrogen-bond donors (Lipinski definition) is 1. The first-order valence-corrected chi connectivity index (χ1v) is 7.02. The SMILES string of the molecule is COc1ccc(C(C)N[C@H](C)c2cccs2)cc1. The summed E-state index contributed by atoms with van der Waals surface area (Å²) in [5.41, 5.74) is 1.28. The normalized spacial score (nSPS) is 14.2. The van der Waals surface area contributed by atoms with Crippen molar-refractivity contribution in [3.8, 4) is 5.75 Å². The lowest BCUT2D eigenvalue weighted by Crippen LogP contribution is -2.21. The first-order valence-electron chi connectivity index (χ1n) is 6.14. The largest absolute Gasteiger partial charge is 0.497 e. The van der Waals surface area contributed by atoms with Crippen molar-refractivity contribution in [2.45, 2.75) is 25.9 Å². The number of ether oxygens (including phenoxy) is 1. The molecule has 1 unspecified atom stereocenters. The quantitative estimate of drug-likeness (QED) is 0.872. The molecule has 0 aliphatic heterocycles. The number of thiophene rings is 1. The number of hydrogen-bond acceptors (Lipinski definition) is 3. The summed E-state index contributed by atoms with van der Waals surface area (Å²) in [5.74, 6) is 0.900. The zero-order valence-electron chi connectivity index (χ0n) is 11.0. The van der Waals surface area contributed by atoms with Gasteiger partial charge in [-0.15, -0.1) is 11.3 Å². The molecule has 2 atom stereocenters. The second kappa shape index (κ2) is 6.03. The Labute approximate surface area is 113 Å². The Balaban J connectivity index is 2.00. The topological polar surface area (TPSA) is 21.3 Å². The van der Waals surface area contributed by atoms with Crippen molar-refractivity contribution in [3.05, 3.63) is 52.2 Å². The van der Waals surface area contributed by atoms with Crippen molar-refractivity contribution in [3.63, 3.8) is 0 Å². The van der Waals surface area contributed by atoms with Gasteiger partial charge in [0.25, 0.3) is 0 Å². The van der Waals surface area contributed by atoms with Crippen LogP contribution in [0.3, 0.4) is 0 Å². The van der Waals surface area contributed by atoms with Crippen LogP contribution in [0.2, 0.25) is 0 Å². The molecule has 0 bridgehead atoms. The minimum atomic E-state index is 0.327. The highest BCUT2D eigenvalue weighted by Crippen LogP contribution is 2.23. The van der Waals surface area contributed by atoms with Gasteiger partial charge < -0.3 is 10.1 Å². The van der Waals surface area contributed by atoms with Crippen LogP contribution in [0.5, 0.6) is 5.75 Å². The molecule has 1 aromatic heterocycles. The predicted molar refractivity (Wildman–Crippen MR) is 77.3 cm³/mol. The average Bonchev–Trinajstić information content (AvgIpc) is 2.92. The Morgan fingerprint density at radius 3 is 2.33 bits per heavy atom. The number of rotatable bonds is 5. The van der Waals surface area contributed by atoms with Crippen LogP contribution in [0.4, 0.5) is 0 Å². The Bertz CT molecular complexity index is 464. The van der Waals surface area contributed by atoms with E-state index in [1.807, 2.05) is 12.1 Å². The van der Waals surface area contributed by atoms with Gasteiger partial charge in [0.15, 0.2) is 0 Å². The summed E-state index contributed by atoms with van der Waals surface area (Å²) in [4.78, 5) is 1.37. The molecule has 96 valence electrons. The molecule has 0 radical (unpaired) electrons. The van der Waals surface area contributed by atoms with Gasteiger partial charge in [0.2, 0.25) is 0 Å². The third-order valence-electron chi connectivity index (χ3n) is 3.09. The van der Waals surface area contributed by atoms with Gasteiger partial charge in [-0.2, -0.15) is 0 Å². The van der Waals surface area contributed by atoms with Crippen molar-refractivity contribution in [1.29, 1.82) is 0 Å². The Morgan fingerprint density at radius 2 is 1.78 bits per heavy atom. The summed E-state index contributed by atoms with van der Waals surface area (Å²) in [6.45, 7) is 4.39. The van der Waals surface area contributed by atoms with E-state index in [2.05, 4.69) is 48.8 Å². The number of nitrogens with one attached hydrogen (secondary N) is 1. The third kappa shape index (κ3) is 3.12. The van der Waals surface area contributed by atoms with E-state index in [0.717, 1.165) is 5.75 Å². The highest BCUT2D eigenvalue weighted by atomic mass is 32.1. The highest BCUT2D eigenvalue weighted by molar-refractivity contribution is 7.10. The van der Waals surface area contributed by atoms with E-state index in [-0.39, 0.29) is 0 Å². The van der Waals surface area contributed by atoms with Crippen molar-refractivity contribution in [2.75, 3.05) is 7.11 Å². The minimum Gasteiger partial charge on any atom is -0.497 e. The van der Waals surface area contributed by atoms with Crippen LogP contribution < -0.4 is 10.1 Å². The lowest BCUT2D eigenvalue weighted by atomic mass is 10.1. The van der Waals surface area contributed by atoms with Gasteiger partial charge in [-0.1, -0.05) is 18.2 Å². The first kappa shape index (κ1) is 13.1. The standard InChI is InChI=1S/C15H19NOS/c1-11(13-6-8-14(17-3)9-7-13)16-12(2)15-5-4-10-18-15/h4-12,16H,1-3H3/t11?,12-/m1/s1. The van der Waals surface area contributed by atoms with Crippen molar-refractivity contribution in [2.24, 2.45) is 0 Å². The fraction of sp³-hybridized carbons (Fsp3) is 0.333.